The summed E-state index contributed by atoms with van der Waals surface area (Å²) < 4.78 is 0. The molecule has 1 fully saturated rings. The molecule has 1 heterocycles. The molecule has 1 aliphatic heterocycles. The highest BCUT2D eigenvalue weighted by atomic mass is 35.5. The van der Waals surface area contributed by atoms with Crippen LogP contribution >= 0.6 is 12.4 Å². The molecule has 0 bridgehead atoms. The van der Waals surface area contributed by atoms with E-state index in [1.807, 2.05) is 0 Å². The Balaban J connectivity index is 0.000001000. The lowest BCUT2D eigenvalue weighted by atomic mass is 9.96. The topological polar surface area (TPSA) is 69.6 Å². The van der Waals surface area contributed by atoms with E-state index in [1.165, 1.54) is 0 Å². The Bertz CT molecular complexity index is 142. The summed E-state index contributed by atoms with van der Waals surface area (Å²) in [6.45, 7) is 1.09. The van der Waals surface area contributed by atoms with Crippen LogP contribution in [0.1, 0.15) is 6.42 Å². The standard InChI is InChI=1S/C6H11NO3.ClH/c8-5-3-7-2-1-4(5)6(9)10;/h4-5,7-8H,1-3H2,(H,9,10);1H/t4-,5-;/m1./s1. The lowest BCUT2D eigenvalue weighted by Crippen LogP contribution is -2.43. The number of β-amino-alcohol motifs (C(OH)–C–C–N with tert-alkyl or cyclic N) is 1. The van der Waals surface area contributed by atoms with Crippen molar-refractivity contribution in [2.45, 2.75) is 12.5 Å². The van der Waals surface area contributed by atoms with Crippen LogP contribution in [0.25, 0.3) is 0 Å². The molecule has 0 aromatic carbocycles. The summed E-state index contributed by atoms with van der Waals surface area (Å²) in [6, 6.07) is 0. The van der Waals surface area contributed by atoms with Crippen LogP contribution in [0.2, 0.25) is 0 Å². The molecule has 0 saturated carbocycles. The second-order valence-corrected chi connectivity index (χ2v) is 2.50. The predicted molar refractivity (Wildman–Crippen MR) is 41.9 cm³/mol. The molecule has 1 aliphatic rings. The summed E-state index contributed by atoms with van der Waals surface area (Å²) >= 11 is 0. The van der Waals surface area contributed by atoms with Crippen LogP contribution < -0.4 is 5.32 Å². The van der Waals surface area contributed by atoms with Gasteiger partial charge in [0.2, 0.25) is 0 Å². The quantitative estimate of drug-likeness (QED) is 0.509. The summed E-state index contributed by atoms with van der Waals surface area (Å²) in [5.41, 5.74) is 0. The van der Waals surface area contributed by atoms with E-state index in [1.54, 1.807) is 0 Å². The van der Waals surface area contributed by atoms with Gasteiger partial charge in [0.05, 0.1) is 12.0 Å². The van der Waals surface area contributed by atoms with Gasteiger partial charge in [0.25, 0.3) is 0 Å². The van der Waals surface area contributed by atoms with Crippen molar-refractivity contribution >= 4 is 18.4 Å². The van der Waals surface area contributed by atoms with E-state index in [0.717, 1.165) is 0 Å². The number of carbonyl (C=O) groups is 1. The molecule has 66 valence electrons. The number of piperidine rings is 1. The predicted octanol–water partition coefficient (Wildman–Crippen LogP) is -0.537. The molecule has 0 aromatic heterocycles. The highest BCUT2D eigenvalue weighted by molar-refractivity contribution is 5.85. The Morgan fingerprint density at radius 3 is 2.55 bits per heavy atom. The van der Waals surface area contributed by atoms with Gasteiger partial charge in [0.15, 0.2) is 0 Å². The molecule has 1 saturated heterocycles. The van der Waals surface area contributed by atoms with E-state index < -0.39 is 18.0 Å². The van der Waals surface area contributed by atoms with Gasteiger partial charge < -0.3 is 15.5 Å². The summed E-state index contributed by atoms with van der Waals surface area (Å²) in [7, 11) is 0. The molecule has 2 atom stereocenters. The van der Waals surface area contributed by atoms with Gasteiger partial charge in [0.1, 0.15) is 0 Å². The van der Waals surface area contributed by atoms with Crippen LogP contribution in [0.5, 0.6) is 0 Å². The molecule has 0 spiro atoms. The first kappa shape index (κ1) is 10.7. The molecular formula is C6H12ClNO3. The van der Waals surface area contributed by atoms with Crippen LogP contribution in [0.4, 0.5) is 0 Å². The molecule has 0 aromatic rings. The number of hydrogen-bond acceptors (Lipinski definition) is 3. The summed E-state index contributed by atoms with van der Waals surface area (Å²) in [4.78, 5) is 10.4. The largest absolute Gasteiger partial charge is 0.481 e. The number of aliphatic carboxylic acids is 1. The Hall–Kier alpha value is -0.320. The van der Waals surface area contributed by atoms with Gasteiger partial charge in [-0.25, -0.2) is 0 Å². The Labute approximate surface area is 71.0 Å². The molecule has 0 amide bonds. The van der Waals surface area contributed by atoms with E-state index in [4.69, 9.17) is 10.2 Å². The van der Waals surface area contributed by atoms with Crippen LogP contribution in [-0.4, -0.2) is 35.4 Å². The number of rotatable bonds is 1. The van der Waals surface area contributed by atoms with E-state index in [0.29, 0.717) is 19.5 Å². The monoisotopic (exact) mass is 181 g/mol. The normalized spacial score (nSPS) is 30.6. The zero-order valence-electron chi connectivity index (χ0n) is 5.99. The number of halogens is 1. The minimum absolute atomic E-state index is 0. The number of hydrogen-bond donors (Lipinski definition) is 3. The van der Waals surface area contributed by atoms with E-state index >= 15 is 0 Å². The first-order chi connectivity index (χ1) is 4.72. The van der Waals surface area contributed by atoms with Crippen LogP contribution in [-0.2, 0) is 4.79 Å². The maximum atomic E-state index is 10.4. The fraction of sp³-hybridized carbons (Fsp3) is 0.833. The Morgan fingerprint density at radius 1 is 1.55 bits per heavy atom. The SMILES string of the molecule is Cl.O=C(O)[C@@H]1CCNC[C@H]1O. The van der Waals surface area contributed by atoms with Crippen LogP contribution in [0.3, 0.4) is 0 Å². The molecule has 0 aliphatic carbocycles. The van der Waals surface area contributed by atoms with Crippen molar-refractivity contribution in [1.29, 1.82) is 0 Å². The fourth-order valence-corrected chi connectivity index (χ4v) is 1.13. The van der Waals surface area contributed by atoms with Crippen LogP contribution in [0.15, 0.2) is 0 Å². The van der Waals surface area contributed by atoms with Crippen molar-refractivity contribution in [2.75, 3.05) is 13.1 Å². The highest BCUT2D eigenvalue weighted by Gasteiger charge is 2.28. The van der Waals surface area contributed by atoms with Gasteiger partial charge >= 0.3 is 5.97 Å². The molecule has 3 N–H and O–H groups in total. The third kappa shape index (κ3) is 2.65. The third-order valence-corrected chi connectivity index (χ3v) is 1.77. The van der Waals surface area contributed by atoms with Crippen molar-refractivity contribution in [3.63, 3.8) is 0 Å². The maximum Gasteiger partial charge on any atom is 0.309 e. The first-order valence-corrected chi connectivity index (χ1v) is 3.33. The zero-order chi connectivity index (χ0) is 7.56. The van der Waals surface area contributed by atoms with Gasteiger partial charge in [-0.05, 0) is 13.0 Å². The molecule has 0 unspecified atom stereocenters. The second kappa shape index (κ2) is 4.54. The molecule has 11 heavy (non-hydrogen) atoms. The average Bonchev–Trinajstić information content (AvgIpc) is 1.88. The number of aliphatic hydroxyl groups excluding tert-OH is 1. The van der Waals surface area contributed by atoms with Crippen molar-refractivity contribution in [3.8, 4) is 0 Å². The molecule has 0 radical (unpaired) electrons. The molecule has 5 heteroatoms. The smallest absolute Gasteiger partial charge is 0.309 e. The summed E-state index contributed by atoms with van der Waals surface area (Å²) in [5.74, 6) is -1.46. The Kier molecular flexibility index (Phi) is 4.40. The van der Waals surface area contributed by atoms with E-state index in [2.05, 4.69) is 5.32 Å². The molecule has 4 nitrogen and oxygen atoms in total. The summed E-state index contributed by atoms with van der Waals surface area (Å²) in [5, 5.41) is 20.5. The van der Waals surface area contributed by atoms with Crippen molar-refractivity contribution < 1.29 is 15.0 Å². The highest BCUT2D eigenvalue weighted by Crippen LogP contribution is 2.11. The van der Waals surface area contributed by atoms with Gasteiger partial charge in [-0.1, -0.05) is 0 Å². The number of aliphatic hydroxyl groups is 1. The van der Waals surface area contributed by atoms with Gasteiger partial charge in [-0.2, -0.15) is 0 Å². The minimum Gasteiger partial charge on any atom is -0.481 e. The zero-order valence-corrected chi connectivity index (χ0v) is 6.80. The molecular weight excluding hydrogens is 170 g/mol. The average molecular weight is 182 g/mol. The molecule has 1 rings (SSSR count). The Morgan fingerprint density at radius 2 is 2.18 bits per heavy atom. The second-order valence-electron chi connectivity index (χ2n) is 2.50. The maximum absolute atomic E-state index is 10.4. The van der Waals surface area contributed by atoms with Crippen LogP contribution in [0, 0.1) is 5.92 Å². The van der Waals surface area contributed by atoms with Crippen molar-refractivity contribution in [2.24, 2.45) is 5.92 Å². The van der Waals surface area contributed by atoms with Crippen molar-refractivity contribution in [1.82, 2.24) is 5.32 Å². The first-order valence-electron chi connectivity index (χ1n) is 3.33. The minimum atomic E-state index is -0.894. The van der Waals surface area contributed by atoms with Gasteiger partial charge in [-0.3, -0.25) is 4.79 Å². The third-order valence-electron chi connectivity index (χ3n) is 1.77. The van der Waals surface area contributed by atoms with Gasteiger partial charge in [0, 0.05) is 6.54 Å². The number of carboxylic acid groups (broad SMARTS) is 1. The lowest BCUT2D eigenvalue weighted by Gasteiger charge is -2.24. The van der Waals surface area contributed by atoms with E-state index in [9.17, 15) is 4.79 Å². The summed E-state index contributed by atoms with van der Waals surface area (Å²) in [6.07, 6.45) is -0.192. The fourth-order valence-electron chi connectivity index (χ4n) is 1.13. The van der Waals surface area contributed by atoms with Gasteiger partial charge in [-0.15, -0.1) is 12.4 Å². The number of nitrogens with one attached hydrogen (secondary N) is 1. The van der Waals surface area contributed by atoms with Crippen molar-refractivity contribution in [3.05, 3.63) is 0 Å². The number of carboxylic acids is 1. The van der Waals surface area contributed by atoms with E-state index in [-0.39, 0.29) is 12.4 Å². The lowest BCUT2D eigenvalue weighted by molar-refractivity contribution is -0.146.